The number of methoxy groups -OCH3 is 1. The standard InChI is InChI=1S/C6H15NO4S/c1-10-4-5-11-7-3-6-12(2,8)9/h7H,3-6H2,1-2H3. The van der Waals surface area contributed by atoms with Gasteiger partial charge in [-0.1, -0.05) is 0 Å². The Morgan fingerprint density at radius 3 is 2.50 bits per heavy atom. The van der Waals surface area contributed by atoms with Gasteiger partial charge in [0.05, 0.1) is 19.0 Å². The highest BCUT2D eigenvalue weighted by molar-refractivity contribution is 7.90. The van der Waals surface area contributed by atoms with Crippen LogP contribution >= 0.6 is 0 Å². The van der Waals surface area contributed by atoms with Gasteiger partial charge in [0.2, 0.25) is 0 Å². The summed E-state index contributed by atoms with van der Waals surface area (Å²) in [7, 11) is -1.32. The van der Waals surface area contributed by atoms with Crippen LogP contribution in [-0.4, -0.2) is 47.3 Å². The van der Waals surface area contributed by atoms with E-state index in [2.05, 4.69) is 5.48 Å². The average molecular weight is 197 g/mol. The molecule has 0 aliphatic carbocycles. The summed E-state index contributed by atoms with van der Waals surface area (Å²) in [5.74, 6) is 0.0833. The number of sulfone groups is 1. The SMILES string of the molecule is COCCONCCS(C)(=O)=O. The highest BCUT2D eigenvalue weighted by Crippen LogP contribution is 1.79. The predicted octanol–water partition coefficient (Wildman–Crippen LogP) is -0.801. The predicted molar refractivity (Wildman–Crippen MR) is 45.5 cm³/mol. The van der Waals surface area contributed by atoms with E-state index in [0.717, 1.165) is 0 Å². The van der Waals surface area contributed by atoms with Crippen molar-refractivity contribution in [3.63, 3.8) is 0 Å². The van der Waals surface area contributed by atoms with Crippen LogP contribution in [0.5, 0.6) is 0 Å². The van der Waals surface area contributed by atoms with Gasteiger partial charge in [-0.15, -0.1) is 0 Å². The van der Waals surface area contributed by atoms with Crippen molar-refractivity contribution in [2.24, 2.45) is 0 Å². The molecule has 0 atom stereocenters. The molecule has 5 nitrogen and oxygen atoms in total. The van der Waals surface area contributed by atoms with Gasteiger partial charge in [0.1, 0.15) is 9.84 Å². The van der Waals surface area contributed by atoms with E-state index in [0.29, 0.717) is 19.8 Å². The molecule has 0 aromatic heterocycles. The summed E-state index contributed by atoms with van der Waals surface area (Å²) < 4.78 is 25.9. The van der Waals surface area contributed by atoms with Gasteiger partial charge in [0.15, 0.2) is 0 Å². The zero-order valence-corrected chi connectivity index (χ0v) is 8.19. The third kappa shape index (κ3) is 9.83. The van der Waals surface area contributed by atoms with E-state index in [-0.39, 0.29) is 5.75 Å². The molecule has 0 heterocycles. The molecule has 0 saturated carbocycles. The van der Waals surface area contributed by atoms with Crippen molar-refractivity contribution in [1.29, 1.82) is 0 Å². The molecule has 0 aliphatic rings. The second-order valence-corrected chi connectivity index (χ2v) is 4.63. The summed E-state index contributed by atoms with van der Waals surface area (Å²) >= 11 is 0. The fourth-order valence-electron chi connectivity index (χ4n) is 0.496. The molecule has 6 heteroatoms. The van der Waals surface area contributed by atoms with E-state index in [1.807, 2.05) is 0 Å². The molecule has 0 spiro atoms. The highest BCUT2D eigenvalue weighted by Gasteiger charge is 1.99. The lowest BCUT2D eigenvalue weighted by Gasteiger charge is -2.03. The number of hydroxylamine groups is 1. The maximum atomic E-state index is 10.6. The number of ether oxygens (including phenoxy) is 1. The van der Waals surface area contributed by atoms with E-state index < -0.39 is 9.84 Å². The van der Waals surface area contributed by atoms with Gasteiger partial charge >= 0.3 is 0 Å². The molecule has 0 aliphatic heterocycles. The van der Waals surface area contributed by atoms with Crippen molar-refractivity contribution in [3.05, 3.63) is 0 Å². The Morgan fingerprint density at radius 1 is 1.33 bits per heavy atom. The molecule has 0 aromatic rings. The third-order valence-corrected chi connectivity index (χ3v) is 2.01. The van der Waals surface area contributed by atoms with Crippen LogP contribution in [0.3, 0.4) is 0 Å². The molecule has 0 radical (unpaired) electrons. The molecule has 12 heavy (non-hydrogen) atoms. The Morgan fingerprint density at radius 2 is 2.00 bits per heavy atom. The summed E-state index contributed by atoms with van der Waals surface area (Å²) in [5.41, 5.74) is 2.52. The molecule has 0 bridgehead atoms. The van der Waals surface area contributed by atoms with Crippen molar-refractivity contribution in [2.45, 2.75) is 0 Å². The van der Waals surface area contributed by atoms with E-state index in [1.54, 1.807) is 7.11 Å². The zero-order valence-electron chi connectivity index (χ0n) is 7.37. The molecule has 0 amide bonds. The summed E-state index contributed by atoms with van der Waals surface area (Å²) in [6.45, 7) is 1.22. The van der Waals surface area contributed by atoms with Gasteiger partial charge in [-0.3, -0.25) is 4.84 Å². The highest BCUT2D eigenvalue weighted by atomic mass is 32.2. The number of hydrogen-bond acceptors (Lipinski definition) is 5. The van der Waals surface area contributed by atoms with Gasteiger partial charge in [0, 0.05) is 19.9 Å². The van der Waals surface area contributed by atoms with Gasteiger partial charge in [-0.2, -0.15) is 0 Å². The molecule has 1 N–H and O–H groups in total. The second-order valence-electron chi connectivity index (χ2n) is 2.37. The summed E-state index contributed by atoms with van der Waals surface area (Å²) in [6.07, 6.45) is 1.18. The van der Waals surface area contributed by atoms with E-state index in [1.165, 1.54) is 6.26 Å². The minimum Gasteiger partial charge on any atom is -0.382 e. The van der Waals surface area contributed by atoms with Gasteiger partial charge in [-0.25, -0.2) is 13.9 Å². The fraction of sp³-hybridized carbons (Fsp3) is 1.00. The lowest BCUT2D eigenvalue weighted by Crippen LogP contribution is -2.24. The van der Waals surface area contributed by atoms with E-state index in [4.69, 9.17) is 9.57 Å². The van der Waals surface area contributed by atoms with Crippen LogP contribution in [0.25, 0.3) is 0 Å². The second kappa shape index (κ2) is 6.36. The van der Waals surface area contributed by atoms with Crippen molar-refractivity contribution in [1.82, 2.24) is 5.48 Å². The lowest BCUT2D eigenvalue weighted by atomic mass is 10.8. The number of nitrogens with one attached hydrogen (secondary N) is 1. The Bertz CT molecular complexity index is 190. The van der Waals surface area contributed by atoms with Crippen molar-refractivity contribution in [3.8, 4) is 0 Å². The van der Waals surface area contributed by atoms with Gasteiger partial charge < -0.3 is 4.74 Å². The maximum absolute atomic E-state index is 10.6. The van der Waals surface area contributed by atoms with Crippen LogP contribution in [0, 0.1) is 0 Å². The van der Waals surface area contributed by atoms with Crippen molar-refractivity contribution >= 4 is 9.84 Å². The Hall–Kier alpha value is -0.170. The molecule has 0 fully saturated rings. The number of hydrogen-bond donors (Lipinski definition) is 1. The Kier molecular flexibility index (Phi) is 6.27. The van der Waals surface area contributed by atoms with Crippen LogP contribution in [0.4, 0.5) is 0 Å². The summed E-state index contributed by atoms with van der Waals surface area (Å²) in [5, 5.41) is 0. The first kappa shape index (κ1) is 11.8. The first-order valence-electron chi connectivity index (χ1n) is 3.57. The average Bonchev–Trinajstić information content (AvgIpc) is 1.94. The fourth-order valence-corrected chi connectivity index (χ4v) is 0.951. The molecular weight excluding hydrogens is 182 g/mol. The quantitative estimate of drug-likeness (QED) is 0.427. The lowest BCUT2D eigenvalue weighted by molar-refractivity contribution is 0.00979. The monoisotopic (exact) mass is 197 g/mol. The minimum absolute atomic E-state index is 0.0833. The molecule has 0 unspecified atom stereocenters. The van der Waals surface area contributed by atoms with Gasteiger partial charge in [0.25, 0.3) is 0 Å². The van der Waals surface area contributed by atoms with Crippen molar-refractivity contribution in [2.75, 3.05) is 38.9 Å². The van der Waals surface area contributed by atoms with Crippen LogP contribution < -0.4 is 5.48 Å². The Labute approximate surface area is 72.9 Å². The van der Waals surface area contributed by atoms with Crippen molar-refractivity contribution < 1.29 is 18.0 Å². The number of rotatable bonds is 7. The van der Waals surface area contributed by atoms with Gasteiger partial charge in [-0.05, 0) is 0 Å². The molecule has 0 aromatic carbocycles. The molecule has 0 saturated heterocycles. The third-order valence-electron chi connectivity index (χ3n) is 1.07. The molecule has 74 valence electrons. The van der Waals surface area contributed by atoms with E-state index in [9.17, 15) is 8.42 Å². The maximum Gasteiger partial charge on any atom is 0.148 e. The molecular formula is C6H15NO4S. The van der Waals surface area contributed by atoms with Crippen LogP contribution in [0.2, 0.25) is 0 Å². The van der Waals surface area contributed by atoms with Crippen LogP contribution in [-0.2, 0) is 19.4 Å². The first-order valence-corrected chi connectivity index (χ1v) is 5.63. The first-order chi connectivity index (χ1) is 5.56. The topological polar surface area (TPSA) is 64.6 Å². The molecule has 0 rings (SSSR count). The van der Waals surface area contributed by atoms with E-state index >= 15 is 0 Å². The zero-order chi connectivity index (χ0) is 9.45. The smallest absolute Gasteiger partial charge is 0.148 e. The summed E-state index contributed by atoms with van der Waals surface area (Å²) in [4.78, 5) is 4.83. The van der Waals surface area contributed by atoms with Crippen LogP contribution in [0.1, 0.15) is 0 Å². The largest absolute Gasteiger partial charge is 0.382 e. The normalized spacial score (nSPS) is 11.8. The summed E-state index contributed by atoms with van der Waals surface area (Å²) in [6, 6.07) is 0. The Balaban J connectivity index is 3.12. The van der Waals surface area contributed by atoms with Crippen LogP contribution in [0.15, 0.2) is 0 Å². The minimum atomic E-state index is -2.89.